The van der Waals surface area contributed by atoms with Crippen LogP contribution in [0.15, 0.2) is 11.6 Å². The van der Waals surface area contributed by atoms with Crippen molar-refractivity contribution in [2.45, 2.75) is 53.9 Å². The van der Waals surface area contributed by atoms with Gasteiger partial charge in [0.05, 0.1) is 6.61 Å². The van der Waals surface area contributed by atoms with E-state index in [0.717, 1.165) is 5.57 Å². The van der Waals surface area contributed by atoms with Crippen molar-refractivity contribution < 1.29 is 19.1 Å². The second-order valence-corrected chi connectivity index (χ2v) is 6.04. The summed E-state index contributed by atoms with van der Waals surface area (Å²) in [5.74, 6) is -0.534. The van der Waals surface area contributed by atoms with E-state index in [9.17, 15) is 9.59 Å². The third-order valence-electron chi connectivity index (χ3n) is 2.16. The zero-order chi connectivity index (χ0) is 14.9. The molecule has 0 aliphatic carbocycles. The van der Waals surface area contributed by atoms with Crippen LogP contribution in [-0.2, 0) is 19.1 Å². The molecule has 0 N–H and O–H groups in total. The quantitative estimate of drug-likeness (QED) is 0.526. The van der Waals surface area contributed by atoms with Crippen LogP contribution < -0.4 is 0 Å². The van der Waals surface area contributed by atoms with Crippen molar-refractivity contribution >= 4 is 11.9 Å². The highest BCUT2D eigenvalue weighted by atomic mass is 16.5. The van der Waals surface area contributed by atoms with Gasteiger partial charge in [-0.15, -0.1) is 0 Å². The van der Waals surface area contributed by atoms with Crippen LogP contribution in [0.25, 0.3) is 0 Å². The van der Waals surface area contributed by atoms with Crippen molar-refractivity contribution in [3.8, 4) is 0 Å². The normalized spacial score (nSPS) is 10.8. The molecule has 0 saturated heterocycles. The van der Waals surface area contributed by atoms with E-state index < -0.39 is 0 Å². The molecule has 4 heteroatoms. The molecule has 0 atom stereocenters. The maximum atomic E-state index is 11.4. The largest absolute Gasteiger partial charge is 0.465 e. The van der Waals surface area contributed by atoms with Crippen molar-refractivity contribution in [3.05, 3.63) is 11.6 Å². The van der Waals surface area contributed by atoms with Gasteiger partial charge in [-0.05, 0) is 31.8 Å². The molecule has 0 heterocycles. The van der Waals surface area contributed by atoms with Gasteiger partial charge in [-0.25, -0.2) is 0 Å². The van der Waals surface area contributed by atoms with Crippen molar-refractivity contribution in [2.75, 3.05) is 13.2 Å². The lowest BCUT2D eigenvalue weighted by Gasteiger charge is -2.17. The fourth-order valence-electron chi connectivity index (χ4n) is 1.12. The molecule has 0 amide bonds. The van der Waals surface area contributed by atoms with Crippen LogP contribution in [0.5, 0.6) is 0 Å². The number of esters is 2. The molecule has 0 fully saturated rings. The standard InChI is InChI=1S/C15H26O4/c1-12(2)9-10-18-13(16)7-6-8-14(17)19-11-15(3,4)5/h9H,6-8,10-11H2,1-5H3. The number of hydrogen-bond acceptors (Lipinski definition) is 4. The molecule has 0 aliphatic rings. The van der Waals surface area contributed by atoms with Crippen molar-refractivity contribution in [2.24, 2.45) is 5.41 Å². The van der Waals surface area contributed by atoms with E-state index in [1.807, 2.05) is 40.7 Å². The van der Waals surface area contributed by atoms with Crippen LogP contribution in [-0.4, -0.2) is 25.2 Å². The van der Waals surface area contributed by atoms with Crippen LogP contribution in [0, 0.1) is 5.41 Å². The van der Waals surface area contributed by atoms with Gasteiger partial charge in [0, 0.05) is 12.8 Å². The van der Waals surface area contributed by atoms with Gasteiger partial charge in [-0.3, -0.25) is 9.59 Å². The Kier molecular flexibility index (Phi) is 8.12. The summed E-state index contributed by atoms with van der Waals surface area (Å²) in [4.78, 5) is 22.7. The average Bonchev–Trinajstić information content (AvgIpc) is 2.25. The Balaban J connectivity index is 3.65. The van der Waals surface area contributed by atoms with Gasteiger partial charge < -0.3 is 9.47 Å². The van der Waals surface area contributed by atoms with Gasteiger partial charge in [0.1, 0.15) is 6.61 Å². The Morgan fingerprint density at radius 1 is 1.00 bits per heavy atom. The van der Waals surface area contributed by atoms with E-state index in [0.29, 0.717) is 19.6 Å². The lowest BCUT2D eigenvalue weighted by atomic mass is 9.99. The van der Waals surface area contributed by atoms with Crippen molar-refractivity contribution in [3.63, 3.8) is 0 Å². The summed E-state index contributed by atoms with van der Waals surface area (Å²) in [6.07, 6.45) is 2.82. The summed E-state index contributed by atoms with van der Waals surface area (Å²) in [5, 5.41) is 0. The zero-order valence-electron chi connectivity index (χ0n) is 12.7. The molecule has 0 radical (unpaired) electrons. The van der Waals surface area contributed by atoms with Gasteiger partial charge in [-0.1, -0.05) is 26.3 Å². The van der Waals surface area contributed by atoms with Crippen molar-refractivity contribution in [1.82, 2.24) is 0 Å². The Hall–Kier alpha value is -1.32. The summed E-state index contributed by atoms with van der Waals surface area (Å²) < 4.78 is 10.1. The van der Waals surface area contributed by atoms with E-state index in [1.165, 1.54) is 0 Å². The first-order valence-electron chi connectivity index (χ1n) is 6.65. The van der Waals surface area contributed by atoms with Gasteiger partial charge >= 0.3 is 11.9 Å². The number of carbonyl (C=O) groups is 2. The molecule has 0 aromatic rings. The summed E-state index contributed by atoms with van der Waals surface area (Å²) in [7, 11) is 0. The Bertz CT molecular complexity index is 320. The Morgan fingerprint density at radius 2 is 1.53 bits per heavy atom. The first-order valence-corrected chi connectivity index (χ1v) is 6.65. The number of carbonyl (C=O) groups excluding carboxylic acids is 2. The minimum atomic E-state index is -0.277. The van der Waals surface area contributed by atoms with E-state index in [2.05, 4.69) is 0 Å². The maximum Gasteiger partial charge on any atom is 0.306 e. The number of ether oxygens (including phenoxy) is 2. The lowest BCUT2D eigenvalue weighted by molar-refractivity contribution is -0.147. The molecule has 0 rings (SSSR count). The Labute approximate surface area is 116 Å². The summed E-state index contributed by atoms with van der Waals surface area (Å²) in [6, 6.07) is 0. The van der Waals surface area contributed by atoms with Crippen LogP contribution in [0.4, 0.5) is 0 Å². The highest BCUT2D eigenvalue weighted by Crippen LogP contribution is 2.13. The van der Waals surface area contributed by atoms with Crippen LogP contribution >= 0.6 is 0 Å². The third-order valence-corrected chi connectivity index (χ3v) is 2.16. The predicted molar refractivity (Wildman–Crippen MR) is 74.7 cm³/mol. The molecule has 0 spiro atoms. The number of rotatable bonds is 7. The second-order valence-electron chi connectivity index (χ2n) is 6.04. The molecular formula is C15H26O4. The van der Waals surface area contributed by atoms with Crippen LogP contribution in [0.1, 0.15) is 53.9 Å². The smallest absolute Gasteiger partial charge is 0.306 e. The van der Waals surface area contributed by atoms with E-state index in [-0.39, 0.29) is 30.2 Å². The van der Waals surface area contributed by atoms with Gasteiger partial charge in [-0.2, -0.15) is 0 Å². The molecule has 4 nitrogen and oxygen atoms in total. The van der Waals surface area contributed by atoms with Gasteiger partial charge in [0.2, 0.25) is 0 Å². The maximum absolute atomic E-state index is 11.4. The van der Waals surface area contributed by atoms with E-state index >= 15 is 0 Å². The summed E-state index contributed by atoms with van der Waals surface area (Å²) in [6.45, 7) is 10.6. The Morgan fingerprint density at radius 3 is 2.00 bits per heavy atom. The molecule has 0 aliphatic heterocycles. The SMILES string of the molecule is CC(C)=CCOC(=O)CCCC(=O)OCC(C)(C)C. The average molecular weight is 270 g/mol. The molecule has 0 aromatic heterocycles. The highest BCUT2D eigenvalue weighted by Gasteiger charge is 2.14. The van der Waals surface area contributed by atoms with Gasteiger partial charge in [0.15, 0.2) is 0 Å². The first-order chi connectivity index (χ1) is 8.70. The molecule has 19 heavy (non-hydrogen) atoms. The minimum Gasteiger partial charge on any atom is -0.465 e. The second kappa shape index (κ2) is 8.73. The van der Waals surface area contributed by atoms with Crippen LogP contribution in [0.2, 0.25) is 0 Å². The van der Waals surface area contributed by atoms with E-state index in [1.54, 1.807) is 0 Å². The molecule has 0 aromatic carbocycles. The molecular weight excluding hydrogens is 244 g/mol. The van der Waals surface area contributed by atoms with Gasteiger partial charge in [0.25, 0.3) is 0 Å². The summed E-state index contributed by atoms with van der Waals surface area (Å²) >= 11 is 0. The lowest BCUT2D eigenvalue weighted by Crippen LogP contribution is -2.18. The minimum absolute atomic E-state index is 0.0288. The topological polar surface area (TPSA) is 52.6 Å². The molecule has 0 bridgehead atoms. The molecule has 0 unspecified atom stereocenters. The fourth-order valence-corrected chi connectivity index (χ4v) is 1.12. The molecule has 110 valence electrons. The first kappa shape index (κ1) is 17.7. The molecule has 0 saturated carbocycles. The summed E-state index contributed by atoms with van der Waals surface area (Å²) in [5.41, 5.74) is 1.08. The van der Waals surface area contributed by atoms with Crippen LogP contribution in [0.3, 0.4) is 0 Å². The highest BCUT2D eigenvalue weighted by molar-refractivity contribution is 5.72. The zero-order valence-corrected chi connectivity index (χ0v) is 12.7. The fraction of sp³-hybridized carbons (Fsp3) is 0.733. The number of hydrogen-bond donors (Lipinski definition) is 0. The van der Waals surface area contributed by atoms with E-state index in [4.69, 9.17) is 9.47 Å². The predicted octanol–water partition coefficient (Wildman–Crippen LogP) is 3.26. The third kappa shape index (κ3) is 12.9. The number of allylic oxidation sites excluding steroid dienone is 1. The van der Waals surface area contributed by atoms with Crippen molar-refractivity contribution in [1.29, 1.82) is 0 Å². The monoisotopic (exact) mass is 270 g/mol.